The van der Waals surface area contributed by atoms with Crippen LogP contribution in [0.4, 0.5) is 11.4 Å². The predicted molar refractivity (Wildman–Crippen MR) is 134 cm³/mol. The number of aryl methyl sites for hydroxylation is 1. The molecule has 0 fully saturated rings. The van der Waals surface area contributed by atoms with Crippen molar-refractivity contribution in [3.05, 3.63) is 84.6 Å². The Balaban J connectivity index is 1.39. The van der Waals surface area contributed by atoms with Gasteiger partial charge in [0.2, 0.25) is 5.91 Å². The Morgan fingerprint density at radius 2 is 1.58 bits per heavy atom. The second-order valence-electron chi connectivity index (χ2n) is 7.46. The molecule has 164 valence electrons. The molecule has 0 radical (unpaired) electrons. The van der Waals surface area contributed by atoms with Crippen LogP contribution < -0.4 is 9.64 Å². The lowest BCUT2D eigenvalue weighted by Gasteiger charge is -2.30. The number of hydrogen-bond acceptors (Lipinski definition) is 6. The van der Waals surface area contributed by atoms with Crippen LogP contribution in [0.3, 0.4) is 0 Å². The van der Waals surface area contributed by atoms with Crippen LogP contribution in [0, 0.1) is 6.92 Å². The van der Waals surface area contributed by atoms with E-state index < -0.39 is 0 Å². The fraction of sp³-hybridized carbons (Fsp3) is 0.115. The Labute approximate surface area is 201 Å². The van der Waals surface area contributed by atoms with E-state index in [1.54, 1.807) is 18.9 Å². The molecular weight excluding hydrogens is 450 g/mol. The SMILES string of the molecule is COc1ccc(-c2cc(C)nc(SCC(=O)N3c4ccccc4Sc4ccccc43)n2)cc1. The number of carbonyl (C=O) groups excluding carboxylic acids is 1. The molecule has 0 saturated carbocycles. The summed E-state index contributed by atoms with van der Waals surface area (Å²) in [6, 6.07) is 25.7. The van der Waals surface area contributed by atoms with Crippen LogP contribution in [0.5, 0.6) is 5.75 Å². The number of fused-ring (bicyclic) bond motifs is 2. The number of ether oxygens (including phenoxy) is 1. The van der Waals surface area contributed by atoms with Crippen LogP contribution in [0.25, 0.3) is 11.3 Å². The van der Waals surface area contributed by atoms with E-state index in [9.17, 15) is 4.79 Å². The zero-order valence-corrected chi connectivity index (χ0v) is 19.8. The fourth-order valence-electron chi connectivity index (χ4n) is 3.68. The van der Waals surface area contributed by atoms with Gasteiger partial charge in [0.1, 0.15) is 5.75 Å². The second kappa shape index (κ2) is 9.29. The van der Waals surface area contributed by atoms with Crippen molar-refractivity contribution in [1.29, 1.82) is 0 Å². The van der Waals surface area contributed by atoms with Gasteiger partial charge in [0.15, 0.2) is 5.16 Å². The molecule has 1 aromatic heterocycles. The lowest BCUT2D eigenvalue weighted by molar-refractivity contribution is -0.115. The van der Waals surface area contributed by atoms with Gasteiger partial charge in [-0.05, 0) is 61.5 Å². The molecule has 0 N–H and O–H groups in total. The fourth-order valence-corrected chi connectivity index (χ4v) is 5.49. The topological polar surface area (TPSA) is 55.3 Å². The highest BCUT2D eigenvalue weighted by Crippen LogP contribution is 2.48. The van der Waals surface area contributed by atoms with Crippen molar-refractivity contribution in [3.8, 4) is 17.0 Å². The number of rotatable bonds is 5. The van der Waals surface area contributed by atoms with Gasteiger partial charge >= 0.3 is 0 Å². The zero-order valence-electron chi connectivity index (χ0n) is 18.2. The van der Waals surface area contributed by atoms with Crippen LogP contribution >= 0.6 is 23.5 Å². The molecule has 5 nitrogen and oxygen atoms in total. The molecule has 4 aromatic rings. The zero-order chi connectivity index (χ0) is 22.8. The van der Waals surface area contributed by atoms with Gasteiger partial charge in [0, 0.05) is 21.0 Å². The number of aromatic nitrogens is 2. The summed E-state index contributed by atoms with van der Waals surface area (Å²) in [5.74, 6) is 1.03. The maximum Gasteiger partial charge on any atom is 0.242 e. The maximum absolute atomic E-state index is 13.4. The lowest BCUT2D eigenvalue weighted by Crippen LogP contribution is -2.30. The number of methoxy groups -OCH3 is 1. The Morgan fingerprint density at radius 1 is 0.939 bits per heavy atom. The minimum Gasteiger partial charge on any atom is -0.497 e. The van der Waals surface area contributed by atoms with Crippen molar-refractivity contribution >= 4 is 40.8 Å². The quantitative estimate of drug-likeness (QED) is 0.249. The number of anilines is 2. The van der Waals surface area contributed by atoms with Crippen molar-refractivity contribution in [2.45, 2.75) is 21.9 Å². The van der Waals surface area contributed by atoms with Gasteiger partial charge in [-0.15, -0.1) is 0 Å². The van der Waals surface area contributed by atoms with Crippen LogP contribution in [0.15, 0.2) is 93.8 Å². The molecule has 0 bridgehead atoms. The van der Waals surface area contributed by atoms with Gasteiger partial charge in [0.05, 0.1) is 29.9 Å². The summed E-state index contributed by atoms with van der Waals surface area (Å²) >= 11 is 3.05. The van der Waals surface area contributed by atoms with E-state index in [0.717, 1.165) is 43.9 Å². The van der Waals surface area contributed by atoms with Crippen LogP contribution in [0.1, 0.15) is 5.69 Å². The van der Waals surface area contributed by atoms with Gasteiger partial charge in [0.25, 0.3) is 0 Å². The van der Waals surface area contributed by atoms with Gasteiger partial charge < -0.3 is 4.74 Å². The first kappa shape index (κ1) is 21.6. The summed E-state index contributed by atoms with van der Waals surface area (Å²) in [6.45, 7) is 1.94. The number of nitrogens with zero attached hydrogens (tertiary/aromatic N) is 3. The molecule has 0 aliphatic carbocycles. The molecule has 2 heterocycles. The van der Waals surface area contributed by atoms with Crippen LogP contribution in [0.2, 0.25) is 0 Å². The molecule has 7 heteroatoms. The first-order valence-electron chi connectivity index (χ1n) is 10.4. The number of amides is 1. The van der Waals surface area contributed by atoms with Crippen molar-refractivity contribution in [2.24, 2.45) is 0 Å². The maximum atomic E-state index is 13.4. The highest BCUT2D eigenvalue weighted by molar-refractivity contribution is 8.00. The van der Waals surface area contributed by atoms with E-state index in [4.69, 9.17) is 9.72 Å². The monoisotopic (exact) mass is 471 g/mol. The summed E-state index contributed by atoms with van der Waals surface area (Å²) in [5.41, 5.74) is 4.48. The molecule has 33 heavy (non-hydrogen) atoms. The van der Waals surface area contributed by atoms with Crippen LogP contribution in [-0.2, 0) is 4.79 Å². The molecule has 0 atom stereocenters. The molecule has 5 rings (SSSR count). The Hall–Kier alpha value is -3.29. The Bertz CT molecular complexity index is 1280. The molecule has 0 spiro atoms. The summed E-state index contributed by atoms with van der Waals surface area (Å²) in [5, 5.41) is 0.585. The third-order valence-corrected chi connectivity index (χ3v) is 7.19. The smallest absolute Gasteiger partial charge is 0.242 e. The summed E-state index contributed by atoms with van der Waals surface area (Å²) in [4.78, 5) is 26.6. The van der Waals surface area contributed by atoms with Gasteiger partial charge in [-0.1, -0.05) is 47.8 Å². The van der Waals surface area contributed by atoms with Gasteiger partial charge in [-0.3, -0.25) is 9.69 Å². The highest BCUT2D eigenvalue weighted by atomic mass is 32.2. The molecule has 3 aromatic carbocycles. The minimum absolute atomic E-state index is 0.00342. The number of benzene rings is 3. The average molecular weight is 472 g/mol. The second-order valence-corrected chi connectivity index (χ2v) is 9.49. The normalized spacial score (nSPS) is 12.1. The minimum atomic E-state index is -0.00342. The standard InChI is InChI=1S/C26H21N3O2S2/c1-17-15-20(18-11-13-19(31-2)14-12-18)28-26(27-17)32-16-25(30)29-21-7-3-5-9-23(21)33-24-10-6-4-8-22(24)29/h3-15H,16H2,1-2H3. The summed E-state index contributed by atoms with van der Waals surface area (Å²) in [7, 11) is 1.65. The molecule has 1 aliphatic rings. The lowest BCUT2D eigenvalue weighted by atomic mass is 10.1. The highest BCUT2D eigenvalue weighted by Gasteiger charge is 2.27. The van der Waals surface area contributed by atoms with E-state index in [0.29, 0.717) is 5.16 Å². The summed E-state index contributed by atoms with van der Waals surface area (Å²) in [6.07, 6.45) is 0. The number of hydrogen-bond donors (Lipinski definition) is 0. The molecule has 0 unspecified atom stereocenters. The van der Waals surface area contributed by atoms with E-state index in [1.165, 1.54) is 11.8 Å². The summed E-state index contributed by atoms with van der Waals surface area (Å²) < 4.78 is 5.24. The average Bonchev–Trinajstić information content (AvgIpc) is 2.85. The third-order valence-electron chi connectivity index (χ3n) is 5.23. The molecular formula is C26H21N3O2S2. The largest absolute Gasteiger partial charge is 0.497 e. The van der Waals surface area contributed by atoms with E-state index in [1.807, 2.05) is 90.7 Å². The first-order chi connectivity index (χ1) is 16.1. The van der Waals surface area contributed by atoms with E-state index in [-0.39, 0.29) is 11.7 Å². The van der Waals surface area contributed by atoms with Crippen molar-refractivity contribution in [2.75, 3.05) is 17.8 Å². The number of carbonyl (C=O) groups is 1. The predicted octanol–water partition coefficient (Wildman–Crippen LogP) is 6.38. The van der Waals surface area contributed by atoms with Gasteiger partial charge in [-0.2, -0.15) is 0 Å². The Morgan fingerprint density at radius 3 is 2.21 bits per heavy atom. The molecule has 1 aliphatic heterocycles. The molecule has 1 amide bonds. The van der Waals surface area contributed by atoms with Crippen LogP contribution in [-0.4, -0.2) is 28.7 Å². The Kier molecular flexibility index (Phi) is 6.07. The third kappa shape index (κ3) is 4.47. The first-order valence-corrected chi connectivity index (χ1v) is 12.2. The van der Waals surface area contributed by atoms with Crippen molar-refractivity contribution in [3.63, 3.8) is 0 Å². The number of thioether (sulfide) groups is 1. The van der Waals surface area contributed by atoms with E-state index in [2.05, 4.69) is 4.98 Å². The van der Waals surface area contributed by atoms with Crippen molar-refractivity contribution in [1.82, 2.24) is 9.97 Å². The van der Waals surface area contributed by atoms with E-state index >= 15 is 0 Å². The molecule has 0 saturated heterocycles. The number of para-hydroxylation sites is 2. The van der Waals surface area contributed by atoms with Crippen molar-refractivity contribution < 1.29 is 9.53 Å². The van der Waals surface area contributed by atoms with Gasteiger partial charge in [-0.25, -0.2) is 9.97 Å².